The second-order valence-electron chi connectivity index (χ2n) is 4.33. The highest BCUT2D eigenvalue weighted by molar-refractivity contribution is 4.67. The van der Waals surface area contributed by atoms with E-state index in [9.17, 15) is 0 Å². The molecule has 0 saturated carbocycles. The number of hydrogen-bond donors (Lipinski definition) is 2. The van der Waals surface area contributed by atoms with Crippen LogP contribution in [0.1, 0.15) is 59.3 Å². The second-order valence-corrected chi connectivity index (χ2v) is 4.33. The lowest BCUT2D eigenvalue weighted by Gasteiger charge is -2.19. The largest absolute Gasteiger partial charge is 0.396 e. The maximum atomic E-state index is 8.69. The third kappa shape index (κ3) is 8.52. The molecule has 0 aromatic rings. The Morgan fingerprint density at radius 2 is 1.57 bits per heavy atom. The van der Waals surface area contributed by atoms with E-state index >= 15 is 0 Å². The van der Waals surface area contributed by atoms with E-state index in [1.807, 2.05) is 0 Å². The minimum absolute atomic E-state index is 0.316. The molecule has 86 valence electrons. The van der Waals surface area contributed by atoms with Gasteiger partial charge in [-0.2, -0.15) is 0 Å². The van der Waals surface area contributed by atoms with E-state index in [4.69, 9.17) is 5.11 Å². The number of rotatable bonds is 9. The molecule has 0 heterocycles. The van der Waals surface area contributed by atoms with E-state index in [-0.39, 0.29) is 0 Å². The van der Waals surface area contributed by atoms with Gasteiger partial charge in [0.2, 0.25) is 0 Å². The minimum Gasteiger partial charge on any atom is -0.396 e. The maximum absolute atomic E-state index is 8.69. The summed E-state index contributed by atoms with van der Waals surface area (Å²) in [5.74, 6) is 0. The van der Waals surface area contributed by atoms with Crippen LogP contribution in [0.2, 0.25) is 0 Å². The first kappa shape index (κ1) is 13.9. The van der Waals surface area contributed by atoms with Crippen LogP contribution in [0.4, 0.5) is 0 Å². The molecule has 0 aromatic carbocycles. The van der Waals surface area contributed by atoms with E-state index in [1.165, 1.54) is 25.7 Å². The first-order chi connectivity index (χ1) is 6.70. The molecule has 0 bridgehead atoms. The summed E-state index contributed by atoms with van der Waals surface area (Å²) in [6, 6.07) is 1.16. The summed E-state index contributed by atoms with van der Waals surface area (Å²) in [5, 5.41) is 12.3. The molecule has 0 aliphatic carbocycles. The van der Waals surface area contributed by atoms with Gasteiger partial charge >= 0.3 is 0 Å². The van der Waals surface area contributed by atoms with E-state index < -0.39 is 0 Å². The van der Waals surface area contributed by atoms with Crippen LogP contribution in [0.25, 0.3) is 0 Å². The van der Waals surface area contributed by atoms with Crippen molar-refractivity contribution >= 4 is 0 Å². The van der Waals surface area contributed by atoms with Gasteiger partial charge in [-0.15, -0.1) is 0 Å². The van der Waals surface area contributed by atoms with Crippen LogP contribution in [0.5, 0.6) is 0 Å². The highest BCUT2D eigenvalue weighted by Gasteiger charge is 2.06. The Labute approximate surface area is 89.1 Å². The molecule has 0 fully saturated rings. The zero-order valence-corrected chi connectivity index (χ0v) is 10.1. The predicted octanol–water partition coefficient (Wildman–Crippen LogP) is 2.71. The number of aliphatic hydroxyl groups is 1. The number of unbranched alkanes of at least 4 members (excludes halogenated alkanes) is 2. The molecule has 0 amide bonds. The maximum Gasteiger partial charge on any atom is 0.0431 e. The Kier molecular flexibility index (Phi) is 9.42. The molecule has 0 rings (SSSR count). The van der Waals surface area contributed by atoms with Crippen molar-refractivity contribution in [3.8, 4) is 0 Å². The molecule has 0 aromatic heterocycles. The van der Waals surface area contributed by atoms with E-state index in [2.05, 4.69) is 26.1 Å². The number of nitrogens with one attached hydrogen (secondary N) is 1. The van der Waals surface area contributed by atoms with E-state index in [0.717, 1.165) is 12.8 Å². The minimum atomic E-state index is 0.316. The van der Waals surface area contributed by atoms with Gasteiger partial charge < -0.3 is 10.4 Å². The Balaban J connectivity index is 3.35. The summed E-state index contributed by atoms with van der Waals surface area (Å²) in [6.45, 7) is 7.01. The zero-order chi connectivity index (χ0) is 10.8. The van der Waals surface area contributed by atoms with Gasteiger partial charge in [0.15, 0.2) is 0 Å². The van der Waals surface area contributed by atoms with Crippen molar-refractivity contribution in [2.45, 2.75) is 71.4 Å². The van der Waals surface area contributed by atoms with Crippen molar-refractivity contribution in [2.24, 2.45) is 0 Å². The summed E-state index contributed by atoms with van der Waals surface area (Å²) in [4.78, 5) is 0. The standard InChI is InChI=1S/C12H27NO/c1-4-5-6-8-11(2)13-12(3)9-7-10-14/h11-14H,4-10H2,1-3H3/t11-,12-/m1/s1. The van der Waals surface area contributed by atoms with E-state index in [1.54, 1.807) is 0 Å². The van der Waals surface area contributed by atoms with Gasteiger partial charge in [-0.25, -0.2) is 0 Å². The average Bonchev–Trinajstić information content (AvgIpc) is 2.15. The van der Waals surface area contributed by atoms with Crippen LogP contribution in [0.3, 0.4) is 0 Å². The first-order valence-electron chi connectivity index (χ1n) is 6.07. The fraction of sp³-hybridized carbons (Fsp3) is 1.00. The molecule has 2 heteroatoms. The van der Waals surface area contributed by atoms with Crippen LogP contribution in [-0.2, 0) is 0 Å². The Morgan fingerprint density at radius 3 is 2.07 bits per heavy atom. The molecule has 0 radical (unpaired) electrons. The topological polar surface area (TPSA) is 32.3 Å². The predicted molar refractivity (Wildman–Crippen MR) is 62.5 cm³/mol. The van der Waals surface area contributed by atoms with Crippen molar-refractivity contribution in [1.82, 2.24) is 5.32 Å². The first-order valence-corrected chi connectivity index (χ1v) is 6.07. The summed E-state index contributed by atoms with van der Waals surface area (Å²) in [6.07, 6.45) is 7.24. The molecule has 2 atom stereocenters. The van der Waals surface area contributed by atoms with Crippen molar-refractivity contribution in [3.63, 3.8) is 0 Å². The van der Waals surface area contributed by atoms with Gasteiger partial charge in [0.25, 0.3) is 0 Å². The molecule has 0 saturated heterocycles. The summed E-state index contributed by atoms with van der Waals surface area (Å²) < 4.78 is 0. The monoisotopic (exact) mass is 201 g/mol. The van der Waals surface area contributed by atoms with E-state index in [0.29, 0.717) is 18.7 Å². The van der Waals surface area contributed by atoms with Gasteiger partial charge in [0, 0.05) is 18.7 Å². The van der Waals surface area contributed by atoms with Gasteiger partial charge in [-0.05, 0) is 33.1 Å². The molecular formula is C12H27NO. The molecule has 2 nitrogen and oxygen atoms in total. The van der Waals surface area contributed by atoms with Crippen LogP contribution < -0.4 is 5.32 Å². The molecule has 0 aliphatic rings. The molecular weight excluding hydrogens is 174 g/mol. The lowest BCUT2D eigenvalue weighted by atomic mass is 10.1. The molecule has 0 unspecified atom stereocenters. The van der Waals surface area contributed by atoms with Crippen molar-refractivity contribution in [2.75, 3.05) is 6.61 Å². The third-order valence-electron chi connectivity index (χ3n) is 2.60. The fourth-order valence-electron chi connectivity index (χ4n) is 1.75. The second kappa shape index (κ2) is 9.47. The Morgan fingerprint density at radius 1 is 1.00 bits per heavy atom. The van der Waals surface area contributed by atoms with Crippen LogP contribution in [0, 0.1) is 0 Å². The molecule has 0 aliphatic heterocycles. The third-order valence-corrected chi connectivity index (χ3v) is 2.60. The van der Waals surface area contributed by atoms with Gasteiger partial charge in [0.1, 0.15) is 0 Å². The number of aliphatic hydroxyl groups excluding tert-OH is 1. The van der Waals surface area contributed by atoms with Crippen molar-refractivity contribution in [3.05, 3.63) is 0 Å². The van der Waals surface area contributed by atoms with Gasteiger partial charge in [0.05, 0.1) is 0 Å². The summed E-state index contributed by atoms with van der Waals surface area (Å²) >= 11 is 0. The van der Waals surface area contributed by atoms with Gasteiger partial charge in [-0.3, -0.25) is 0 Å². The quantitative estimate of drug-likeness (QED) is 0.562. The fourth-order valence-corrected chi connectivity index (χ4v) is 1.75. The van der Waals surface area contributed by atoms with Crippen LogP contribution >= 0.6 is 0 Å². The Bertz CT molecular complexity index is 117. The normalized spacial score (nSPS) is 15.4. The molecule has 0 spiro atoms. The lowest BCUT2D eigenvalue weighted by molar-refractivity contribution is 0.273. The Hall–Kier alpha value is -0.0800. The summed E-state index contributed by atoms with van der Waals surface area (Å²) in [5.41, 5.74) is 0. The van der Waals surface area contributed by atoms with Crippen LogP contribution in [-0.4, -0.2) is 23.8 Å². The highest BCUT2D eigenvalue weighted by Crippen LogP contribution is 2.05. The lowest BCUT2D eigenvalue weighted by Crippen LogP contribution is -2.34. The molecule has 14 heavy (non-hydrogen) atoms. The van der Waals surface area contributed by atoms with Crippen molar-refractivity contribution in [1.29, 1.82) is 0 Å². The van der Waals surface area contributed by atoms with Gasteiger partial charge in [-0.1, -0.05) is 26.2 Å². The highest BCUT2D eigenvalue weighted by atomic mass is 16.2. The smallest absolute Gasteiger partial charge is 0.0431 e. The summed E-state index contributed by atoms with van der Waals surface area (Å²) in [7, 11) is 0. The van der Waals surface area contributed by atoms with Crippen molar-refractivity contribution < 1.29 is 5.11 Å². The SMILES string of the molecule is CCCCC[C@@H](C)N[C@H](C)CCCO. The average molecular weight is 201 g/mol. The zero-order valence-electron chi connectivity index (χ0n) is 10.1. The molecule has 2 N–H and O–H groups in total. The van der Waals surface area contributed by atoms with Crippen LogP contribution in [0.15, 0.2) is 0 Å². The number of hydrogen-bond acceptors (Lipinski definition) is 2.